The molecule has 5 rings (SSSR count). The Morgan fingerprint density at radius 2 is 1.97 bits per heavy atom. The van der Waals surface area contributed by atoms with E-state index >= 15 is 4.39 Å². The van der Waals surface area contributed by atoms with Gasteiger partial charge < -0.3 is 14.8 Å². The first-order chi connectivity index (χ1) is 16.6. The van der Waals surface area contributed by atoms with E-state index < -0.39 is 22.9 Å². The first-order valence-electron chi connectivity index (χ1n) is 11.3. The van der Waals surface area contributed by atoms with Crippen LogP contribution in [0.15, 0.2) is 54.6 Å². The summed E-state index contributed by atoms with van der Waals surface area (Å²) < 4.78 is 43.9. The Morgan fingerprint density at radius 3 is 2.71 bits per heavy atom. The first kappa shape index (κ1) is 22.6. The molecule has 9 heteroatoms. The Hall–Kier alpha value is -3.17. The van der Waals surface area contributed by atoms with E-state index in [1.54, 1.807) is 18.2 Å². The van der Waals surface area contributed by atoms with Crippen molar-refractivity contribution in [2.24, 2.45) is 5.92 Å². The van der Waals surface area contributed by atoms with Crippen LogP contribution in [0.5, 0.6) is 11.5 Å². The van der Waals surface area contributed by atoms with Crippen LogP contribution in [-0.2, 0) is 22.6 Å². The van der Waals surface area contributed by atoms with Gasteiger partial charge in [0.15, 0.2) is 5.82 Å². The molecule has 0 spiro atoms. The highest BCUT2D eigenvalue weighted by Crippen LogP contribution is 2.40. The van der Waals surface area contributed by atoms with E-state index in [-0.39, 0.29) is 24.6 Å². The highest BCUT2D eigenvalue weighted by atomic mass is 32.2. The van der Waals surface area contributed by atoms with E-state index in [0.717, 1.165) is 31.5 Å². The number of amides is 1. The molecule has 1 amide bonds. The normalized spacial score (nSPS) is 20.4. The van der Waals surface area contributed by atoms with E-state index in [0.29, 0.717) is 29.0 Å². The lowest BCUT2D eigenvalue weighted by molar-refractivity contribution is -0.117. The molecule has 2 saturated heterocycles. The number of hydrogen-bond donors (Lipinski definition) is 2. The molecule has 0 aliphatic carbocycles. The summed E-state index contributed by atoms with van der Waals surface area (Å²) in [5.41, 5.74) is 0.903. The lowest BCUT2D eigenvalue weighted by Gasteiger charge is -2.23. The minimum absolute atomic E-state index is 0.00579. The van der Waals surface area contributed by atoms with Crippen LogP contribution in [0.3, 0.4) is 0 Å². The number of rotatable bonds is 7. The predicted molar refractivity (Wildman–Crippen MR) is 129 cm³/mol. The van der Waals surface area contributed by atoms with Crippen molar-refractivity contribution in [3.05, 3.63) is 66.0 Å². The van der Waals surface area contributed by atoms with Crippen LogP contribution in [0.2, 0.25) is 0 Å². The summed E-state index contributed by atoms with van der Waals surface area (Å²) >= 11 is -1.89. The quantitative estimate of drug-likeness (QED) is 0.538. The molecule has 0 aromatic heterocycles. The number of halogens is 1. The molecule has 2 N–H and O–H groups in total. The summed E-state index contributed by atoms with van der Waals surface area (Å²) in [7, 11) is 0. The Labute approximate surface area is 200 Å². The maximum absolute atomic E-state index is 15.9. The molecule has 178 valence electrons. The fourth-order valence-corrected chi connectivity index (χ4v) is 5.22. The third kappa shape index (κ3) is 4.85. The molecular formula is C25H26FN3O4S. The summed E-state index contributed by atoms with van der Waals surface area (Å²) in [6, 6.07) is 16.5. The number of anilines is 1. The Morgan fingerprint density at radius 1 is 1.12 bits per heavy atom. The zero-order chi connectivity index (χ0) is 23.5. The number of carbonyl (C=O) groups is 1. The second-order valence-electron chi connectivity index (χ2n) is 8.53. The van der Waals surface area contributed by atoms with E-state index in [4.69, 9.17) is 9.47 Å². The molecule has 3 aromatic carbocycles. The standard InChI is InChI=1S/C25H26FN3O4S/c26-24-21-12-20(32-16-18-7-4-10-27-13-18)9-8-19(21)11-22(33-15-17-5-2-1-3-6-17)25(24)29-14-23(30)28-34(29)31/h1-3,5-6,8-9,11-12,18,27H,4,7,10,13-16H2,(H,28,30). The van der Waals surface area contributed by atoms with Gasteiger partial charge in [-0.15, -0.1) is 0 Å². The van der Waals surface area contributed by atoms with Gasteiger partial charge in [-0.1, -0.05) is 36.4 Å². The van der Waals surface area contributed by atoms with E-state index in [9.17, 15) is 9.00 Å². The van der Waals surface area contributed by atoms with Gasteiger partial charge in [-0.05, 0) is 48.5 Å². The number of ether oxygens (including phenoxy) is 2. The van der Waals surface area contributed by atoms with Gasteiger partial charge in [-0.2, -0.15) is 0 Å². The molecule has 2 fully saturated rings. The lowest BCUT2D eigenvalue weighted by atomic mass is 10.0. The number of nitrogens with one attached hydrogen (secondary N) is 2. The van der Waals surface area contributed by atoms with Crippen molar-refractivity contribution in [2.45, 2.75) is 19.4 Å². The van der Waals surface area contributed by atoms with Crippen LogP contribution < -0.4 is 23.8 Å². The molecule has 2 unspecified atom stereocenters. The van der Waals surface area contributed by atoms with E-state index in [2.05, 4.69) is 10.0 Å². The van der Waals surface area contributed by atoms with Crippen molar-refractivity contribution in [3.8, 4) is 11.5 Å². The van der Waals surface area contributed by atoms with Crippen molar-refractivity contribution in [2.75, 3.05) is 30.5 Å². The van der Waals surface area contributed by atoms with Gasteiger partial charge in [0, 0.05) is 17.8 Å². The van der Waals surface area contributed by atoms with Crippen LogP contribution in [0.4, 0.5) is 10.1 Å². The Balaban J connectivity index is 1.47. The summed E-state index contributed by atoms with van der Waals surface area (Å²) in [6.07, 6.45) is 2.22. The summed E-state index contributed by atoms with van der Waals surface area (Å²) in [5.74, 6) is 0.168. The van der Waals surface area contributed by atoms with Crippen molar-refractivity contribution < 1.29 is 22.9 Å². The van der Waals surface area contributed by atoms with E-state index in [1.807, 2.05) is 36.4 Å². The number of hydrogen-bond acceptors (Lipinski definition) is 5. The van der Waals surface area contributed by atoms with Gasteiger partial charge in [0.05, 0.1) is 6.61 Å². The van der Waals surface area contributed by atoms with Crippen LogP contribution in [0.25, 0.3) is 10.8 Å². The molecular weight excluding hydrogens is 457 g/mol. The van der Waals surface area contributed by atoms with Gasteiger partial charge in [0.2, 0.25) is 11.2 Å². The highest BCUT2D eigenvalue weighted by Gasteiger charge is 2.32. The third-order valence-electron chi connectivity index (χ3n) is 6.05. The number of carbonyl (C=O) groups excluding carboxylic acids is 1. The average Bonchev–Trinajstić information content (AvgIpc) is 3.20. The number of piperidine rings is 1. The second-order valence-corrected chi connectivity index (χ2v) is 9.67. The number of nitrogens with zero attached hydrogens (tertiary/aromatic N) is 1. The van der Waals surface area contributed by atoms with Crippen molar-refractivity contribution in [1.29, 1.82) is 0 Å². The van der Waals surface area contributed by atoms with Crippen LogP contribution in [0.1, 0.15) is 18.4 Å². The first-order valence-corrected chi connectivity index (χ1v) is 12.4. The van der Waals surface area contributed by atoms with Crippen LogP contribution >= 0.6 is 0 Å². The summed E-state index contributed by atoms with van der Waals surface area (Å²) in [6.45, 7) is 2.49. The SMILES string of the molecule is O=C1CN(c2c(OCc3ccccc3)cc3ccc(OCC4CCCNC4)cc3c2F)S(=O)N1. The van der Waals surface area contributed by atoms with Gasteiger partial charge in [-0.3, -0.25) is 13.8 Å². The monoisotopic (exact) mass is 483 g/mol. The molecule has 0 radical (unpaired) electrons. The van der Waals surface area contributed by atoms with Gasteiger partial charge in [-0.25, -0.2) is 8.60 Å². The summed E-state index contributed by atoms with van der Waals surface area (Å²) in [5, 5.41) is 4.31. The molecule has 3 aromatic rings. The van der Waals surface area contributed by atoms with Gasteiger partial charge in [0.1, 0.15) is 30.3 Å². The predicted octanol–water partition coefficient (Wildman–Crippen LogP) is 3.45. The average molecular weight is 484 g/mol. The third-order valence-corrected chi connectivity index (χ3v) is 7.16. The van der Waals surface area contributed by atoms with E-state index in [1.165, 1.54) is 4.31 Å². The fraction of sp³-hybridized carbons (Fsp3) is 0.320. The minimum atomic E-state index is -1.89. The lowest BCUT2D eigenvalue weighted by Crippen LogP contribution is -2.33. The van der Waals surface area contributed by atoms with Crippen molar-refractivity contribution >= 4 is 33.5 Å². The van der Waals surface area contributed by atoms with Crippen LogP contribution in [-0.4, -0.2) is 36.4 Å². The Kier molecular flexibility index (Phi) is 6.64. The highest BCUT2D eigenvalue weighted by molar-refractivity contribution is 7.85. The number of benzene rings is 3. The zero-order valence-corrected chi connectivity index (χ0v) is 19.4. The minimum Gasteiger partial charge on any atom is -0.493 e. The summed E-state index contributed by atoms with van der Waals surface area (Å²) in [4.78, 5) is 11.9. The number of fused-ring (bicyclic) bond motifs is 1. The zero-order valence-electron chi connectivity index (χ0n) is 18.6. The topological polar surface area (TPSA) is 79.9 Å². The molecule has 2 heterocycles. The van der Waals surface area contributed by atoms with Gasteiger partial charge in [0.25, 0.3) is 5.91 Å². The fourth-order valence-electron chi connectivity index (χ4n) is 4.28. The van der Waals surface area contributed by atoms with Crippen LogP contribution in [0, 0.1) is 11.7 Å². The van der Waals surface area contributed by atoms with Gasteiger partial charge >= 0.3 is 0 Å². The molecule has 2 atom stereocenters. The molecule has 2 aliphatic rings. The molecule has 7 nitrogen and oxygen atoms in total. The largest absolute Gasteiger partial charge is 0.493 e. The molecule has 0 bridgehead atoms. The Bertz CT molecular complexity index is 1220. The smallest absolute Gasteiger partial charge is 0.253 e. The molecule has 34 heavy (non-hydrogen) atoms. The van der Waals surface area contributed by atoms with Crippen molar-refractivity contribution in [1.82, 2.24) is 10.0 Å². The molecule has 2 aliphatic heterocycles. The maximum Gasteiger partial charge on any atom is 0.253 e. The van der Waals surface area contributed by atoms with Crippen molar-refractivity contribution in [3.63, 3.8) is 0 Å². The maximum atomic E-state index is 15.9. The molecule has 0 saturated carbocycles. The second kappa shape index (κ2) is 9.99.